The van der Waals surface area contributed by atoms with Crippen molar-refractivity contribution in [2.75, 3.05) is 0 Å². The van der Waals surface area contributed by atoms with Gasteiger partial charge in [-0.05, 0) is 24.8 Å². The van der Waals surface area contributed by atoms with Crippen molar-refractivity contribution in [1.29, 1.82) is 0 Å². The van der Waals surface area contributed by atoms with Gasteiger partial charge in [-0.1, -0.05) is 68.5 Å². The third kappa shape index (κ3) is 6.38. The second-order valence-electron chi connectivity index (χ2n) is 8.35. The van der Waals surface area contributed by atoms with Crippen molar-refractivity contribution in [3.63, 3.8) is 0 Å². The van der Waals surface area contributed by atoms with Crippen molar-refractivity contribution < 1.29 is 24.9 Å². The summed E-state index contributed by atoms with van der Waals surface area (Å²) in [5.74, 6) is -1.50. The fraction of sp³-hybridized carbons (Fsp3) is 0.500. The van der Waals surface area contributed by atoms with Crippen LogP contribution in [0.2, 0.25) is 0 Å². The molecule has 0 heterocycles. The maximum atomic E-state index is 12.8. The van der Waals surface area contributed by atoms with Gasteiger partial charge in [0, 0.05) is 24.7 Å². The van der Waals surface area contributed by atoms with Gasteiger partial charge in [-0.15, -0.1) is 0 Å². The molecule has 4 unspecified atom stereocenters. The molecule has 1 aromatic carbocycles. The molecule has 1 fully saturated rings. The number of carbonyl (C=O) groups is 2. The van der Waals surface area contributed by atoms with Crippen molar-refractivity contribution in [3.05, 3.63) is 60.2 Å². The minimum Gasteiger partial charge on any atom is -0.481 e. The Morgan fingerprint density at radius 2 is 1.90 bits per heavy atom. The molecule has 0 bridgehead atoms. The topological polar surface area (TPSA) is 94.8 Å². The van der Waals surface area contributed by atoms with Crippen molar-refractivity contribution in [3.8, 4) is 0 Å². The van der Waals surface area contributed by atoms with Crippen LogP contribution in [0.1, 0.15) is 45.1 Å². The van der Waals surface area contributed by atoms with Crippen molar-refractivity contribution in [2.45, 2.75) is 58.2 Å². The lowest BCUT2D eigenvalue weighted by molar-refractivity contribution is -0.137. The Kier molecular flexibility index (Phi) is 8.35. The van der Waals surface area contributed by atoms with E-state index in [1.54, 1.807) is 26.0 Å². The van der Waals surface area contributed by atoms with E-state index >= 15 is 0 Å². The van der Waals surface area contributed by atoms with Crippen LogP contribution in [0.15, 0.2) is 54.6 Å². The number of hydrogen-bond acceptors (Lipinski definition) is 4. The van der Waals surface area contributed by atoms with Crippen molar-refractivity contribution >= 4 is 11.8 Å². The molecule has 29 heavy (non-hydrogen) atoms. The van der Waals surface area contributed by atoms with Gasteiger partial charge in [0.25, 0.3) is 0 Å². The number of carboxylic acids is 1. The maximum absolute atomic E-state index is 12.8. The number of carbonyl (C=O) groups excluding carboxylic acids is 1. The Labute approximate surface area is 172 Å². The van der Waals surface area contributed by atoms with Crippen LogP contribution in [0.3, 0.4) is 0 Å². The van der Waals surface area contributed by atoms with Gasteiger partial charge in [-0.25, -0.2) is 0 Å². The molecule has 4 atom stereocenters. The molecule has 5 nitrogen and oxygen atoms in total. The number of Topliss-reactive ketones (excluding diaryl/α,β-unsaturated/α-hetero) is 1. The van der Waals surface area contributed by atoms with Crippen LogP contribution in [0.4, 0.5) is 0 Å². The lowest BCUT2D eigenvalue weighted by Crippen LogP contribution is -2.31. The molecule has 1 saturated carbocycles. The second-order valence-corrected chi connectivity index (χ2v) is 8.35. The van der Waals surface area contributed by atoms with Crippen LogP contribution in [0.25, 0.3) is 0 Å². The Morgan fingerprint density at radius 3 is 2.55 bits per heavy atom. The first-order valence-corrected chi connectivity index (χ1v) is 10.2. The summed E-state index contributed by atoms with van der Waals surface area (Å²) in [7, 11) is 0. The molecule has 1 aliphatic carbocycles. The lowest BCUT2D eigenvalue weighted by atomic mass is 9.86. The number of ketones is 1. The molecule has 2 rings (SSSR count). The number of benzene rings is 1. The summed E-state index contributed by atoms with van der Waals surface area (Å²) in [4.78, 5) is 23.4. The molecule has 0 amide bonds. The highest BCUT2D eigenvalue weighted by molar-refractivity contribution is 5.90. The first kappa shape index (κ1) is 23.0. The number of aliphatic carboxylic acids is 1. The van der Waals surface area contributed by atoms with Crippen molar-refractivity contribution in [1.82, 2.24) is 0 Å². The Morgan fingerprint density at radius 1 is 1.21 bits per heavy atom. The highest BCUT2D eigenvalue weighted by Gasteiger charge is 2.52. The van der Waals surface area contributed by atoms with Gasteiger partial charge in [0.15, 0.2) is 0 Å². The molecule has 1 aromatic rings. The second kappa shape index (κ2) is 10.5. The molecule has 0 spiro atoms. The molecule has 0 aliphatic heterocycles. The highest BCUT2D eigenvalue weighted by Crippen LogP contribution is 2.44. The van der Waals surface area contributed by atoms with Gasteiger partial charge < -0.3 is 15.3 Å². The van der Waals surface area contributed by atoms with Gasteiger partial charge in [0.2, 0.25) is 0 Å². The van der Waals surface area contributed by atoms with Gasteiger partial charge >= 0.3 is 5.97 Å². The molecule has 0 radical (unpaired) electrons. The SMILES string of the molecule is CC1(C)C(=O)C(C/C=C/CCCC(=O)O)C(/C=C/C(O)Cc2ccccc2)C1O. The van der Waals surface area contributed by atoms with Crippen LogP contribution >= 0.6 is 0 Å². The fourth-order valence-corrected chi connectivity index (χ4v) is 3.92. The van der Waals surface area contributed by atoms with E-state index in [4.69, 9.17) is 5.11 Å². The monoisotopic (exact) mass is 400 g/mol. The van der Waals surface area contributed by atoms with E-state index in [0.29, 0.717) is 25.7 Å². The number of unbranched alkanes of at least 4 members (excludes halogenated alkanes) is 1. The number of carboxylic acid groups (broad SMARTS) is 1. The molecule has 1 aliphatic rings. The minimum atomic E-state index is -0.832. The molecule has 3 N–H and O–H groups in total. The highest BCUT2D eigenvalue weighted by atomic mass is 16.4. The predicted octanol–water partition coefficient (Wildman–Crippen LogP) is 3.55. The number of hydrogen-bond donors (Lipinski definition) is 3. The summed E-state index contributed by atoms with van der Waals surface area (Å²) >= 11 is 0. The zero-order chi connectivity index (χ0) is 21.4. The number of allylic oxidation sites excluding steroid dienone is 2. The zero-order valence-electron chi connectivity index (χ0n) is 17.2. The summed E-state index contributed by atoms with van der Waals surface area (Å²) in [6.45, 7) is 3.52. The Bertz CT molecular complexity index is 735. The molecule has 0 aromatic heterocycles. The van der Waals surface area contributed by atoms with Gasteiger partial charge in [0.1, 0.15) is 5.78 Å². The first-order chi connectivity index (χ1) is 13.7. The van der Waals surface area contributed by atoms with Gasteiger partial charge in [0.05, 0.1) is 17.6 Å². The summed E-state index contributed by atoms with van der Waals surface area (Å²) in [6.07, 6.45) is 8.09. The molecule has 158 valence electrons. The zero-order valence-corrected chi connectivity index (χ0v) is 17.2. The quantitative estimate of drug-likeness (QED) is 0.412. The average Bonchev–Trinajstić information content (AvgIpc) is 2.83. The van der Waals surface area contributed by atoms with E-state index in [-0.39, 0.29) is 24.0 Å². The van der Waals surface area contributed by atoms with E-state index in [1.165, 1.54) is 0 Å². The summed E-state index contributed by atoms with van der Waals surface area (Å²) in [5.41, 5.74) is 0.190. The Hall–Kier alpha value is -2.24. The van der Waals surface area contributed by atoms with E-state index in [0.717, 1.165) is 5.56 Å². The van der Waals surface area contributed by atoms with Crippen LogP contribution in [-0.4, -0.2) is 39.3 Å². The Balaban J connectivity index is 2.00. The van der Waals surface area contributed by atoms with Gasteiger partial charge in [-0.2, -0.15) is 0 Å². The summed E-state index contributed by atoms with van der Waals surface area (Å²) < 4.78 is 0. The van der Waals surface area contributed by atoms with Crippen LogP contribution in [-0.2, 0) is 16.0 Å². The van der Waals surface area contributed by atoms with E-state index in [1.807, 2.05) is 42.5 Å². The first-order valence-electron chi connectivity index (χ1n) is 10.2. The number of aliphatic hydroxyl groups is 2. The standard InChI is InChI=1S/C24H32O5/c1-24(2)22(28)19(12-8-3-4-9-13-21(26)27)20(23(24)29)15-14-18(25)16-17-10-6-5-7-11-17/h3,5-8,10-11,14-15,18-20,23,25,29H,4,9,12-13,16H2,1-2H3,(H,26,27)/b8-3+,15-14+. The van der Waals surface area contributed by atoms with E-state index in [9.17, 15) is 19.8 Å². The predicted molar refractivity (Wildman–Crippen MR) is 112 cm³/mol. The lowest BCUT2D eigenvalue weighted by Gasteiger charge is -2.22. The van der Waals surface area contributed by atoms with Crippen LogP contribution in [0.5, 0.6) is 0 Å². The summed E-state index contributed by atoms with van der Waals surface area (Å²) in [6, 6.07) is 9.67. The third-order valence-electron chi connectivity index (χ3n) is 5.70. The number of aliphatic hydroxyl groups excluding tert-OH is 2. The normalized spacial score (nSPS) is 25.1. The number of rotatable bonds is 10. The summed E-state index contributed by atoms with van der Waals surface area (Å²) in [5, 5.41) is 29.7. The molecule has 5 heteroatoms. The molecular weight excluding hydrogens is 368 g/mol. The van der Waals surface area contributed by atoms with E-state index < -0.39 is 23.6 Å². The van der Waals surface area contributed by atoms with Crippen LogP contribution in [0, 0.1) is 17.3 Å². The van der Waals surface area contributed by atoms with Crippen molar-refractivity contribution in [2.24, 2.45) is 17.3 Å². The minimum absolute atomic E-state index is 0.0207. The smallest absolute Gasteiger partial charge is 0.303 e. The van der Waals surface area contributed by atoms with E-state index in [2.05, 4.69) is 0 Å². The van der Waals surface area contributed by atoms with Gasteiger partial charge in [-0.3, -0.25) is 9.59 Å². The molecule has 0 saturated heterocycles. The van der Waals surface area contributed by atoms with Crippen LogP contribution < -0.4 is 0 Å². The average molecular weight is 401 g/mol. The maximum Gasteiger partial charge on any atom is 0.303 e. The third-order valence-corrected chi connectivity index (χ3v) is 5.70. The molecular formula is C24H32O5. The largest absolute Gasteiger partial charge is 0.481 e. The fourth-order valence-electron chi connectivity index (χ4n) is 3.92.